The second-order valence-electron chi connectivity index (χ2n) is 5.98. The molecule has 5 nitrogen and oxygen atoms in total. The van der Waals surface area contributed by atoms with Gasteiger partial charge in [-0.15, -0.1) is 11.3 Å². The summed E-state index contributed by atoms with van der Waals surface area (Å²) < 4.78 is 5.29. The van der Waals surface area contributed by atoms with Crippen LogP contribution in [-0.4, -0.2) is 31.0 Å². The van der Waals surface area contributed by atoms with Gasteiger partial charge in [-0.2, -0.15) is 0 Å². The molecule has 2 aromatic heterocycles. The number of ether oxygens (including phenoxy) is 1. The van der Waals surface area contributed by atoms with Crippen molar-refractivity contribution in [2.24, 2.45) is 4.99 Å². The van der Waals surface area contributed by atoms with Crippen LogP contribution in [0.5, 0.6) is 5.75 Å². The van der Waals surface area contributed by atoms with Crippen LogP contribution in [0.4, 0.5) is 5.82 Å². The van der Waals surface area contributed by atoms with Crippen LogP contribution >= 0.6 is 11.3 Å². The Morgan fingerprint density at radius 3 is 2.65 bits per heavy atom. The summed E-state index contributed by atoms with van der Waals surface area (Å²) in [5, 5.41) is 8.94. The van der Waals surface area contributed by atoms with Crippen molar-refractivity contribution in [3.8, 4) is 5.75 Å². The quantitative estimate of drug-likeness (QED) is 0.741. The van der Waals surface area contributed by atoms with Gasteiger partial charge in [-0.1, -0.05) is 6.07 Å². The Kier molecular flexibility index (Phi) is 4.69. The predicted octanol–water partition coefficient (Wildman–Crippen LogP) is 3.70. The molecule has 1 aliphatic heterocycles. The first kappa shape index (κ1) is 16.8. The van der Waals surface area contributed by atoms with Crippen LogP contribution in [0.2, 0.25) is 0 Å². The number of aromatic nitrogens is 1. The van der Waals surface area contributed by atoms with Crippen molar-refractivity contribution in [1.29, 1.82) is 0 Å². The smallest absolute Gasteiger partial charge is 0.136 e. The largest absolute Gasteiger partial charge is 0.497 e. The number of likely N-dealkylation sites (N-methyl/N-ethyl adjacent to an activating group) is 1. The van der Waals surface area contributed by atoms with E-state index in [-0.39, 0.29) is 12.2 Å². The van der Waals surface area contributed by atoms with E-state index in [0.717, 1.165) is 28.4 Å². The normalized spacial score (nSPS) is 19.1. The predicted molar refractivity (Wildman–Crippen MR) is 106 cm³/mol. The minimum Gasteiger partial charge on any atom is -0.497 e. The number of aliphatic imine (C=N–C) groups is 1. The molecule has 2 atom stereocenters. The molecule has 0 saturated heterocycles. The van der Waals surface area contributed by atoms with Crippen LogP contribution in [0.25, 0.3) is 0 Å². The van der Waals surface area contributed by atoms with Crippen molar-refractivity contribution in [1.82, 2.24) is 10.3 Å². The van der Waals surface area contributed by atoms with Gasteiger partial charge in [0.15, 0.2) is 0 Å². The molecule has 26 heavy (non-hydrogen) atoms. The van der Waals surface area contributed by atoms with Gasteiger partial charge in [-0.25, -0.2) is 4.98 Å². The molecule has 1 aliphatic rings. The topological polar surface area (TPSA) is 58.5 Å². The molecule has 0 amide bonds. The van der Waals surface area contributed by atoms with E-state index < -0.39 is 0 Å². The van der Waals surface area contributed by atoms with Crippen LogP contribution in [0.3, 0.4) is 0 Å². The molecule has 3 aromatic rings. The lowest BCUT2D eigenvalue weighted by molar-refractivity contribution is 0.415. The minimum absolute atomic E-state index is 0.0435. The SMILES string of the molecule is CNC1Nc2ncccc2C(c2ccc(OC)cc2)=NC1c1cccs1. The van der Waals surface area contributed by atoms with Gasteiger partial charge in [0.25, 0.3) is 0 Å². The van der Waals surface area contributed by atoms with E-state index >= 15 is 0 Å². The molecule has 0 fully saturated rings. The third kappa shape index (κ3) is 3.09. The third-order valence-corrected chi connectivity index (χ3v) is 5.39. The maximum absolute atomic E-state index is 5.29. The van der Waals surface area contributed by atoms with Gasteiger partial charge >= 0.3 is 0 Å². The summed E-state index contributed by atoms with van der Waals surface area (Å²) >= 11 is 1.71. The highest BCUT2D eigenvalue weighted by Gasteiger charge is 2.29. The lowest BCUT2D eigenvalue weighted by Gasteiger charge is -2.23. The molecule has 0 radical (unpaired) electrons. The maximum Gasteiger partial charge on any atom is 0.136 e. The molecule has 0 saturated carbocycles. The van der Waals surface area contributed by atoms with Crippen molar-refractivity contribution < 1.29 is 4.74 Å². The monoisotopic (exact) mass is 364 g/mol. The zero-order chi connectivity index (χ0) is 17.9. The highest BCUT2D eigenvalue weighted by molar-refractivity contribution is 7.10. The number of benzene rings is 1. The second-order valence-corrected chi connectivity index (χ2v) is 6.96. The van der Waals surface area contributed by atoms with Gasteiger partial charge in [0.2, 0.25) is 0 Å². The highest BCUT2D eigenvalue weighted by Crippen LogP contribution is 2.33. The van der Waals surface area contributed by atoms with Crippen LogP contribution < -0.4 is 15.4 Å². The Balaban J connectivity index is 1.88. The number of pyridine rings is 1. The van der Waals surface area contributed by atoms with Crippen LogP contribution in [0, 0.1) is 0 Å². The first-order valence-electron chi connectivity index (χ1n) is 8.45. The van der Waals surface area contributed by atoms with Crippen LogP contribution in [0.1, 0.15) is 22.0 Å². The summed E-state index contributed by atoms with van der Waals surface area (Å²) in [4.78, 5) is 10.9. The van der Waals surface area contributed by atoms with Gasteiger partial charge < -0.3 is 10.1 Å². The number of anilines is 1. The molecule has 2 N–H and O–H groups in total. The van der Waals surface area contributed by atoms with Crippen molar-refractivity contribution in [2.45, 2.75) is 12.2 Å². The second kappa shape index (κ2) is 7.27. The van der Waals surface area contributed by atoms with Crippen molar-refractivity contribution in [2.75, 3.05) is 19.5 Å². The molecule has 0 bridgehead atoms. The summed E-state index contributed by atoms with van der Waals surface area (Å²) in [6.45, 7) is 0. The Morgan fingerprint density at radius 1 is 1.12 bits per heavy atom. The minimum atomic E-state index is -0.0497. The van der Waals surface area contributed by atoms with E-state index in [2.05, 4.69) is 39.2 Å². The van der Waals surface area contributed by atoms with Crippen molar-refractivity contribution >= 4 is 22.9 Å². The van der Waals surface area contributed by atoms with Gasteiger partial charge in [-0.3, -0.25) is 10.3 Å². The number of nitrogens with zero attached hydrogens (tertiary/aromatic N) is 2. The molecule has 3 heterocycles. The van der Waals surface area contributed by atoms with Gasteiger partial charge in [0.1, 0.15) is 23.8 Å². The lowest BCUT2D eigenvalue weighted by atomic mass is 10.0. The molecule has 4 rings (SSSR count). The van der Waals surface area contributed by atoms with Crippen LogP contribution in [0.15, 0.2) is 65.1 Å². The number of hydrogen-bond donors (Lipinski definition) is 2. The van der Waals surface area contributed by atoms with E-state index in [4.69, 9.17) is 9.73 Å². The zero-order valence-electron chi connectivity index (χ0n) is 14.6. The first-order valence-corrected chi connectivity index (χ1v) is 9.33. The summed E-state index contributed by atoms with van der Waals surface area (Å²) in [7, 11) is 3.61. The number of nitrogens with one attached hydrogen (secondary N) is 2. The number of thiophene rings is 1. The summed E-state index contributed by atoms with van der Waals surface area (Å²) in [6, 6.07) is 16.1. The van der Waals surface area contributed by atoms with Crippen LogP contribution in [-0.2, 0) is 0 Å². The molecule has 0 aliphatic carbocycles. The average molecular weight is 364 g/mol. The molecular weight excluding hydrogens is 344 g/mol. The van der Waals surface area contributed by atoms with E-state index in [9.17, 15) is 0 Å². The Hall–Kier alpha value is -2.70. The van der Waals surface area contributed by atoms with E-state index in [1.165, 1.54) is 4.88 Å². The fourth-order valence-electron chi connectivity index (χ4n) is 3.12. The number of fused-ring (bicyclic) bond motifs is 1. The van der Waals surface area contributed by atoms with E-state index in [0.29, 0.717) is 0 Å². The molecule has 132 valence electrons. The van der Waals surface area contributed by atoms with E-state index in [1.807, 2.05) is 37.4 Å². The third-order valence-electron chi connectivity index (χ3n) is 4.45. The van der Waals surface area contributed by atoms with Gasteiger partial charge in [0.05, 0.1) is 12.8 Å². The summed E-state index contributed by atoms with van der Waals surface area (Å²) in [5.41, 5.74) is 2.97. The first-order chi connectivity index (χ1) is 12.8. The fraction of sp³-hybridized carbons (Fsp3) is 0.200. The zero-order valence-corrected chi connectivity index (χ0v) is 15.5. The fourth-order valence-corrected chi connectivity index (χ4v) is 3.92. The molecule has 6 heteroatoms. The van der Waals surface area contributed by atoms with Crippen molar-refractivity contribution in [3.63, 3.8) is 0 Å². The summed E-state index contributed by atoms with van der Waals surface area (Å²) in [5.74, 6) is 1.66. The number of hydrogen-bond acceptors (Lipinski definition) is 6. The molecule has 1 aromatic carbocycles. The summed E-state index contributed by atoms with van der Waals surface area (Å²) in [6.07, 6.45) is 1.76. The lowest BCUT2D eigenvalue weighted by Crippen LogP contribution is -2.38. The van der Waals surface area contributed by atoms with Gasteiger partial charge in [0, 0.05) is 22.2 Å². The average Bonchev–Trinajstić information content (AvgIpc) is 3.17. The Bertz CT molecular complexity index is 906. The van der Waals surface area contributed by atoms with Crippen molar-refractivity contribution in [3.05, 3.63) is 76.1 Å². The van der Waals surface area contributed by atoms with Gasteiger partial charge in [-0.05, 0) is 54.9 Å². The maximum atomic E-state index is 5.29. The molecular formula is C20H20N4OS. The number of rotatable bonds is 4. The highest BCUT2D eigenvalue weighted by atomic mass is 32.1. The number of methoxy groups -OCH3 is 1. The molecule has 0 spiro atoms. The molecule has 2 unspecified atom stereocenters. The van der Waals surface area contributed by atoms with E-state index in [1.54, 1.807) is 24.6 Å². The standard InChI is InChI=1S/C20H20N4OS/c1-21-20-18(16-6-4-12-26-16)23-17(13-7-9-14(25-2)10-8-13)15-5-3-11-22-19(15)24-20/h3-12,18,20-21H,1-2H3,(H,22,24). The Labute approximate surface area is 156 Å². The Morgan fingerprint density at radius 2 is 1.96 bits per heavy atom.